The molecule has 0 unspecified atom stereocenters. The minimum Gasteiger partial charge on any atom is -0.354 e. The second-order valence-electron chi connectivity index (χ2n) is 8.53. The van der Waals surface area contributed by atoms with E-state index in [1.165, 1.54) is 0 Å². The zero-order valence-electron chi connectivity index (χ0n) is 16.9. The molecule has 1 saturated heterocycles. The van der Waals surface area contributed by atoms with Gasteiger partial charge in [-0.2, -0.15) is 9.61 Å². The van der Waals surface area contributed by atoms with Gasteiger partial charge in [0.05, 0.1) is 11.3 Å². The van der Waals surface area contributed by atoms with Gasteiger partial charge in [0.25, 0.3) is 5.91 Å². The second kappa shape index (κ2) is 6.57. The van der Waals surface area contributed by atoms with Gasteiger partial charge in [0.15, 0.2) is 11.5 Å². The fraction of sp³-hybridized carbons (Fsp3) is 0.526. The Kier molecular flexibility index (Phi) is 4.32. The van der Waals surface area contributed by atoms with Gasteiger partial charge in [0, 0.05) is 36.7 Å². The minimum atomic E-state index is -0.129. The normalized spacial score (nSPS) is 15.1. The number of anilines is 1. The average molecular weight is 382 g/mol. The Morgan fingerprint density at radius 2 is 2.00 bits per heavy atom. The van der Waals surface area contributed by atoms with E-state index in [4.69, 9.17) is 5.10 Å². The molecule has 9 nitrogen and oxygen atoms in total. The van der Waals surface area contributed by atoms with Gasteiger partial charge in [-0.3, -0.25) is 9.89 Å². The topological polar surface area (TPSA) is 104 Å². The van der Waals surface area contributed by atoms with Gasteiger partial charge in [-0.1, -0.05) is 20.8 Å². The molecule has 2 N–H and O–H groups in total. The summed E-state index contributed by atoms with van der Waals surface area (Å²) in [6, 6.07) is 3.92. The van der Waals surface area contributed by atoms with Gasteiger partial charge in [-0.25, -0.2) is 0 Å². The van der Waals surface area contributed by atoms with Crippen molar-refractivity contribution in [2.75, 3.05) is 24.5 Å². The molecule has 1 amide bonds. The predicted molar refractivity (Wildman–Crippen MR) is 106 cm³/mol. The van der Waals surface area contributed by atoms with Gasteiger partial charge >= 0.3 is 0 Å². The third kappa shape index (κ3) is 3.21. The number of nitrogens with one attached hydrogen (secondary N) is 2. The van der Waals surface area contributed by atoms with Crippen molar-refractivity contribution >= 4 is 17.4 Å². The lowest BCUT2D eigenvalue weighted by Crippen LogP contribution is -2.52. The van der Waals surface area contributed by atoms with Crippen molar-refractivity contribution in [3.05, 3.63) is 34.9 Å². The van der Waals surface area contributed by atoms with Crippen LogP contribution in [0.25, 0.3) is 5.65 Å². The first kappa shape index (κ1) is 18.4. The van der Waals surface area contributed by atoms with Crippen LogP contribution in [-0.2, 0) is 5.41 Å². The van der Waals surface area contributed by atoms with Gasteiger partial charge in [0.2, 0.25) is 0 Å². The Hall–Kier alpha value is -2.97. The van der Waals surface area contributed by atoms with Crippen molar-refractivity contribution < 1.29 is 4.79 Å². The molecule has 4 heterocycles. The molecule has 4 rings (SSSR count). The largest absolute Gasteiger partial charge is 0.354 e. The molecule has 0 aliphatic carbocycles. The summed E-state index contributed by atoms with van der Waals surface area (Å²) in [5.74, 6) is 2.08. The molecule has 0 atom stereocenters. The molecule has 0 bridgehead atoms. The molecular weight excluding hydrogens is 356 g/mol. The molecule has 148 valence electrons. The van der Waals surface area contributed by atoms with Crippen LogP contribution in [-0.4, -0.2) is 55.6 Å². The van der Waals surface area contributed by atoms with E-state index in [2.05, 4.69) is 51.4 Å². The number of carbonyl (C=O) groups excluding carboxylic acids is 1. The summed E-state index contributed by atoms with van der Waals surface area (Å²) in [5.41, 5.74) is 2.79. The van der Waals surface area contributed by atoms with Crippen LogP contribution in [0.2, 0.25) is 0 Å². The number of H-pyrrole nitrogens is 1. The fourth-order valence-corrected chi connectivity index (χ4v) is 3.51. The maximum absolute atomic E-state index is 12.4. The number of aryl methyl sites for hydroxylation is 2. The average Bonchev–Trinajstić information content (AvgIpc) is 3.15. The zero-order chi connectivity index (χ0) is 20.1. The van der Waals surface area contributed by atoms with Gasteiger partial charge in [-0.05, 0) is 26.0 Å². The first-order valence-corrected chi connectivity index (χ1v) is 9.51. The van der Waals surface area contributed by atoms with Crippen LogP contribution in [0.1, 0.15) is 48.3 Å². The molecule has 28 heavy (non-hydrogen) atoms. The predicted octanol–water partition coefficient (Wildman–Crippen LogP) is 1.63. The summed E-state index contributed by atoms with van der Waals surface area (Å²) in [4.78, 5) is 14.6. The number of hydrogen-bond acceptors (Lipinski definition) is 6. The van der Waals surface area contributed by atoms with E-state index in [1.54, 1.807) is 0 Å². The number of carbonyl (C=O) groups is 1. The third-order valence-electron chi connectivity index (χ3n) is 5.11. The van der Waals surface area contributed by atoms with Gasteiger partial charge in [0.1, 0.15) is 5.82 Å². The van der Waals surface area contributed by atoms with Crippen LogP contribution in [0.3, 0.4) is 0 Å². The molecule has 3 aromatic rings. The molecule has 0 radical (unpaired) electrons. The van der Waals surface area contributed by atoms with Crippen molar-refractivity contribution in [2.24, 2.45) is 5.92 Å². The number of aromatic amines is 1. The highest BCUT2D eigenvalue weighted by Gasteiger charge is 2.30. The highest BCUT2D eigenvalue weighted by Crippen LogP contribution is 2.25. The number of aromatic nitrogens is 6. The van der Waals surface area contributed by atoms with Crippen molar-refractivity contribution in [2.45, 2.75) is 40.0 Å². The Balaban J connectivity index is 1.38. The summed E-state index contributed by atoms with van der Waals surface area (Å²) in [5, 5.41) is 23.2. The van der Waals surface area contributed by atoms with E-state index >= 15 is 0 Å². The minimum absolute atomic E-state index is 0.0685. The second-order valence-corrected chi connectivity index (χ2v) is 8.53. The third-order valence-corrected chi connectivity index (χ3v) is 5.11. The monoisotopic (exact) mass is 382 g/mol. The summed E-state index contributed by atoms with van der Waals surface area (Å²) in [7, 11) is 0. The summed E-state index contributed by atoms with van der Waals surface area (Å²) in [6.45, 7) is 12.4. The van der Waals surface area contributed by atoms with Crippen LogP contribution in [0.5, 0.6) is 0 Å². The Bertz CT molecular complexity index is 1000. The summed E-state index contributed by atoms with van der Waals surface area (Å²) >= 11 is 0. The number of amides is 1. The molecule has 1 aliphatic rings. The van der Waals surface area contributed by atoms with E-state index in [9.17, 15) is 4.79 Å². The van der Waals surface area contributed by atoms with Crippen LogP contribution in [0.4, 0.5) is 5.82 Å². The van der Waals surface area contributed by atoms with Gasteiger partial charge < -0.3 is 10.2 Å². The summed E-state index contributed by atoms with van der Waals surface area (Å²) in [6.07, 6.45) is 0. The quantitative estimate of drug-likeness (QED) is 0.711. The van der Waals surface area contributed by atoms with Crippen molar-refractivity contribution in [3.8, 4) is 0 Å². The van der Waals surface area contributed by atoms with E-state index in [0.29, 0.717) is 18.0 Å². The highest BCUT2D eigenvalue weighted by molar-refractivity contribution is 5.96. The molecule has 3 aromatic heterocycles. The Morgan fingerprint density at radius 3 is 2.64 bits per heavy atom. The first-order chi connectivity index (χ1) is 13.2. The lowest BCUT2D eigenvalue weighted by molar-refractivity contribution is 0.0943. The van der Waals surface area contributed by atoms with Crippen LogP contribution >= 0.6 is 0 Å². The fourth-order valence-electron chi connectivity index (χ4n) is 3.51. The molecule has 1 aliphatic heterocycles. The van der Waals surface area contributed by atoms with Crippen LogP contribution < -0.4 is 10.2 Å². The van der Waals surface area contributed by atoms with E-state index in [1.807, 2.05) is 30.5 Å². The van der Waals surface area contributed by atoms with Crippen LogP contribution in [0.15, 0.2) is 12.1 Å². The molecular formula is C19H26N8O. The Labute approximate surface area is 163 Å². The lowest BCUT2D eigenvalue weighted by Gasteiger charge is -2.40. The smallest absolute Gasteiger partial charge is 0.255 e. The number of hydrogen-bond donors (Lipinski definition) is 2. The highest BCUT2D eigenvalue weighted by atomic mass is 16.1. The van der Waals surface area contributed by atoms with E-state index < -0.39 is 0 Å². The van der Waals surface area contributed by atoms with E-state index in [0.717, 1.165) is 41.8 Å². The van der Waals surface area contributed by atoms with Crippen molar-refractivity contribution in [1.29, 1.82) is 0 Å². The molecule has 0 saturated carbocycles. The van der Waals surface area contributed by atoms with E-state index in [-0.39, 0.29) is 11.3 Å². The zero-order valence-corrected chi connectivity index (χ0v) is 16.9. The number of nitrogens with zero attached hydrogens (tertiary/aromatic N) is 6. The number of rotatable bonds is 4. The van der Waals surface area contributed by atoms with Crippen molar-refractivity contribution in [3.63, 3.8) is 0 Å². The SMILES string of the molecule is Cc1n[nH]c(C)c1C(=O)NCC1CN(c2ccc3nnc(C(C)(C)C)n3n2)C1. The molecule has 1 fully saturated rings. The first-order valence-electron chi connectivity index (χ1n) is 9.51. The maximum Gasteiger partial charge on any atom is 0.255 e. The lowest BCUT2D eigenvalue weighted by atomic mass is 9.96. The molecule has 0 spiro atoms. The molecule has 9 heteroatoms. The van der Waals surface area contributed by atoms with Crippen LogP contribution in [0, 0.1) is 19.8 Å². The van der Waals surface area contributed by atoms with Crippen molar-refractivity contribution in [1.82, 2.24) is 35.3 Å². The standard InChI is InChI=1S/C19H26N8O/c1-11-16(12(2)22-21-11)17(28)20-8-13-9-26(10-13)15-7-6-14-23-24-18(19(3,4)5)27(14)25-15/h6-7,13H,8-10H2,1-5H3,(H,20,28)(H,21,22). The molecule has 0 aromatic carbocycles. The summed E-state index contributed by atoms with van der Waals surface area (Å²) < 4.78 is 1.83. The van der Waals surface area contributed by atoms with Gasteiger partial charge in [-0.15, -0.1) is 15.3 Å². The maximum atomic E-state index is 12.4. The number of fused-ring (bicyclic) bond motifs is 1. The Morgan fingerprint density at radius 1 is 1.25 bits per heavy atom.